The summed E-state index contributed by atoms with van der Waals surface area (Å²) >= 11 is 1.34. The third-order valence-electron chi connectivity index (χ3n) is 3.27. The van der Waals surface area contributed by atoms with E-state index in [-0.39, 0.29) is 19.1 Å². The van der Waals surface area contributed by atoms with Crippen LogP contribution in [0, 0.1) is 12.3 Å². The summed E-state index contributed by atoms with van der Waals surface area (Å²) in [5.74, 6) is 3.44. The molecule has 0 aliphatic carbocycles. The summed E-state index contributed by atoms with van der Waals surface area (Å²) in [6, 6.07) is 5.15. The largest absolute Gasteiger partial charge is 0.454 e. The second-order valence-corrected chi connectivity index (χ2v) is 5.65. The lowest BCUT2D eigenvalue weighted by molar-refractivity contribution is 0.0962. The third-order valence-corrected chi connectivity index (χ3v) is 4.31. The number of nitrogens with zero attached hydrogens (tertiary/aromatic N) is 3. The highest BCUT2D eigenvalue weighted by Crippen LogP contribution is 2.36. The molecule has 1 aliphatic rings. The number of ether oxygens (including phenoxy) is 2. The van der Waals surface area contributed by atoms with Gasteiger partial charge in [-0.05, 0) is 0 Å². The predicted molar refractivity (Wildman–Crippen MR) is 81.2 cm³/mol. The molecule has 0 saturated heterocycles. The Morgan fingerprint density at radius 2 is 2.26 bits per heavy atom. The van der Waals surface area contributed by atoms with E-state index in [4.69, 9.17) is 20.4 Å². The van der Waals surface area contributed by atoms with Crippen molar-refractivity contribution in [2.45, 2.75) is 6.54 Å². The van der Waals surface area contributed by atoms with Gasteiger partial charge in [-0.3, -0.25) is 4.79 Å². The number of carbonyl (C=O) groups excluding carboxylic acids is 1. The quantitative estimate of drug-likeness (QED) is 0.671. The van der Waals surface area contributed by atoms with Crippen molar-refractivity contribution in [3.63, 3.8) is 0 Å². The van der Waals surface area contributed by atoms with E-state index in [1.165, 1.54) is 23.6 Å². The molecule has 8 heteroatoms. The van der Waals surface area contributed by atoms with Crippen LogP contribution in [0.4, 0.5) is 0 Å². The van der Waals surface area contributed by atoms with Crippen molar-refractivity contribution in [2.75, 3.05) is 6.79 Å². The van der Waals surface area contributed by atoms with E-state index in [2.05, 4.69) is 16.1 Å². The zero-order valence-electron chi connectivity index (χ0n) is 11.7. The summed E-state index contributed by atoms with van der Waals surface area (Å²) in [5.41, 5.74) is 0.835. The molecule has 0 spiro atoms. The molecule has 0 N–H and O–H groups in total. The number of rotatable bonds is 2. The van der Waals surface area contributed by atoms with Crippen molar-refractivity contribution in [3.05, 3.63) is 35.0 Å². The monoisotopic (exact) mass is 327 g/mol. The van der Waals surface area contributed by atoms with Gasteiger partial charge in [-0.25, -0.2) is 0 Å². The minimum Gasteiger partial charge on any atom is -0.454 e. The first-order valence-corrected chi connectivity index (χ1v) is 7.44. The van der Waals surface area contributed by atoms with E-state index < -0.39 is 5.91 Å². The van der Waals surface area contributed by atoms with E-state index in [1.807, 2.05) is 12.1 Å². The molecule has 3 heterocycles. The van der Waals surface area contributed by atoms with E-state index in [9.17, 15) is 4.79 Å². The molecule has 1 amide bonds. The number of terminal acetylenes is 1. The van der Waals surface area contributed by atoms with Crippen molar-refractivity contribution in [1.82, 2.24) is 9.72 Å². The van der Waals surface area contributed by atoms with Gasteiger partial charge in [-0.1, -0.05) is 22.4 Å². The molecule has 0 unspecified atom stereocenters. The molecule has 0 atom stereocenters. The molecule has 1 aromatic carbocycles. The Kier molecular flexibility index (Phi) is 3.13. The Morgan fingerprint density at radius 3 is 3.00 bits per heavy atom. The first kappa shape index (κ1) is 13.6. The molecule has 0 bridgehead atoms. The first-order valence-electron chi connectivity index (χ1n) is 6.62. The van der Waals surface area contributed by atoms with Gasteiger partial charge in [0.15, 0.2) is 16.3 Å². The molecule has 1 aliphatic heterocycles. The number of amides is 1. The van der Waals surface area contributed by atoms with Crippen LogP contribution in [-0.4, -0.2) is 22.4 Å². The maximum absolute atomic E-state index is 12.1. The number of thiazole rings is 1. The SMILES string of the molecule is C#CCn1c(=NC(=O)c2ccno2)sc2cc3c(cc21)OCO3. The fourth-order valence-electron chi connectivity index (χ4n) is 2.26. The van der Waals surface area contributed by atoms with Gasteiger partial charge >= 0.3 is 5.91 Å². The van der Waals surface area contributed by atoms with E-state index in [0.717, 1.165) is 10.2 Å². The van der Waals surface area contributed by atoms with E-state index in [0.29, 0.717) is 16.3 Å². The molecule has 23 heavy (non-hydrogen) atoms. The Morgan fingerprint density at radius 1 is 1.43 bits per heavy atom. The normalized spacial score (nSPS) is 13.4. The fraction of sp³-hybridized carbons (Fsp3) is 0.133. The topological polar surface area (TPSA) is 78.9 Å². The van der Waals surface area contributed by atoms with Gasteiger partial charge in [0.1, 0.15) is 0 Å². The number of benzene rings is 1. The number of hydrogen-bond acceptors (Lipinski definition) is 6. The van der Waals surface area contributed by atoms with Gasteiger partial charge in [0.2, 0.25) is 12.6 Å². The third kappa shape index (κ3) is 2.27. The number of aromatic nitrogens is 2. The van der Waals surface area contributed by atoms with Gasteiger partial charge in [0, 0.05) is 18.2 Å². The summed E-state index contributed by atoms with van der Waals surface area (Å²) in [7, 11) is 0. The van der Waals surface area contributed by atoms with E-state index in [1.54, 1.807) is 4.57 Å². The number of hydrogen-bond donors (Lipinski definition) is 0. The highest BCUT2D eigenvalue weighted by Gasteiger charge is 2.18. The van der Waals surface area contributed by atoms with Crippen LogP contribution in [0.15, 0.2) is 33.9 Å². The van der Waals surface area contributed by atoms with Crippen molar-refractivity contribution in [1.29, 1.82) is 0 Å². The molecule has 3 aromatic rings. The highest BCUT2D eigenvalue weighted by molar-refractivity contribution is 7.16. The Hall–Kier alpha value is -3.05. The molecule has 0 radical (unpaired) electrons. The molecule has 0 fully saturated rings. The number of fused-ring (bicyclic) bond motifs is 2. The molecule has 7 nitrogen and oxygen atoms in total. The van der Waals surface area contributed by atoms with Crippen molar-refractivity contribution >= 4 is 27.5 Å². The lowest BCUT2D eigenvalue weighted by Gasteiger charge is -2.01. The Labute approximate surface area is 133 Å². The van der Waals surface area contributed by atoms with Crippen LogP contribution in [0.2, 0.25) is 0 Å². The van der Waals surface area contributed by atoms with Gasteiger partial charge in [0.05, 0.1) is 23.0 Å². The smallest absolute Gasteiger partial charge is 0.318 e. The Bertz CT molecular complexity index is 1010. The standard InChI is InChI=1S/C15H9N3O4S/c1-2-5-18-9-6-11-12(21-8-20-11)7-13(9)23-15(18)17-14(19)10-3-4-16-22-10/h1,3-4,6-7H,5,8H2. The number of carbonyl (C=O) groups is 1. The average Bonchev–Trinajstić information content (AvgIpc) is 3.26. The van der Waals surface area contributed by atoms with Crippen molar-refractivity contribution in [3.8, 4) is 23.8 Å². The second-order valence-electron chi connectivity index (χ2n) is 4.64. The highest BCUT2D eigenvalue weighted by atomic mass is 32.1. The molecule has 0 saturated carbocycles. The maximum Gasteiger partial charge on any atom is 0.318 e. The van der Waals surface area contributed by atoms with E-state index >= 15 is 0 Å². The van der Waals surface area contributed by atoms with Gasteiger partial charge in [0.25, 0.3) is 0 Å². The lowest BCUT2D eigenvalue weighted by Crippen LogP contribution is -2.16. The predicted octanol–water partition coefficient (Wildman–Crippen LogP) is 1.79. The van der Waals surface area contributed by atoms with Crippen LogP contribution < -0.4 is 14.3 Å². The first-order chi connectivity index (χ1) is 11.3. The summed E-state index contributed by atoms with van der Waals surface area (Å²) in [5, 5.41) is 3.50. The van der Waals surface area contributed by atoms with Crippen LogP contribution in [0.3, 0.4) is 0 Å². The Balaban J connectivity index is 1.91. The minimum atomic E-state index is -0.514. The van der Waals surface area contributed by atoms with Gasteiger partial charge in [-0.2, -0.15) is 4.99 Å². The van der Waals surface area contributed by atoms with Crippen LogP contribution in [0.1, 0.15) is 10.6 Å². The minimum absolute atomic E-state index is 0.0730. The molecule has 4 rings (SSSR count). The van der Waals surface area contributed by atoms with Crippen LogP contribution in [0.5, 0.6) is 11.5 Å². The summed E-state index contributed by atoms with van der Waals surface area (Å²) in [6.45, 7) is 0.477. The van der Waals surface area contributed by atoms with Crippen LogP contribution in [0.25, 0.3) is 10.2 Å². The van der Waals surface area contributed by atoms with Crippen molar-refractivity contribution in [2.24, 2.45) is 4.99 Å². The second kappa shape index (κ2) is 5.30. The molecular formula is C15H9N3O4S. The van der Waals surface area contributed by atoms with Gasteiger partial charge in [-0.15, -0.1) is 6.42 Å². The average molecular weight is 327 g/mol. The zero-order chi connectivity index (χ0) is 15.8. The fourth-order valence-corrected chi connectivity index (χ4v) is 3.30. The lowest BCUT2D eigenvalue weighted by atomic mass is 10.3. The molecule has 2 aromatic heterocycles. The van der Waals surface area contributed by atoms with Crippen LogP contribution in [-0.2, 0) is 6.54 Å². The van der Waals surface area contributed by atoms with Gasteiger partial charge < -0.3 is 18.6 Å². The molecular weight excluding hydrogens is 318 g/mol. The van der Waals surface area contributed by atoms with Crippen molar-refractivity contribution < 1.29 is 18.8 Å². The summed E-state index contributed by atoms with van der Waals surface area (Å²) in [4.78, 5) is 16.7. The maximum atomic E-state index is 12.1. The zero-order valence-corrected chi connectivity index (χ0v) is 12.5. The van der Waals surface area contributed by atoms with Crippen LogP contribution >= 0.6 is 11.3 Å². The summed E-state index contributed by atoms with van der Waals surface area (Å²) < 4.78 is 18.3. The molecule has 114 valence electrons. The summed E-state index contributed by atoms with van der Waals surface area (Å²) in [6.07, 6.45) is 6.83.